The highest BCUT2D eigenvalue weighted by Crippen LogP contribution is 2.23. The summed E-state index contributed by atoms with van der Waals surface area (Å²) < 4.78 is 39.7. The summed E-state index contributed by atoms with van der Waals surface area (Å²) >= 11 is 11.5. The zero-order chi connectivity index (χ0) is 18.2. The standard InChI is InChI=1S/C15H14Cl2FN3O3S/c16-10-7-14(19-9-10)15(22)20-3-5-21(6-4-20)25(23,24)11-1-2-13(18)12(17)8-11/h1-2,7-9,19H,3-6H2. The summed E-state index contributed by atoms with van der Waals surface area (Å²) in [6.07, 6.45) is 1.51. The Kier molecular flexibility index (Phi) is 5.06. The Hall–Kier alpha value is -1.61. The maximum absolute atomic E-state index is 13.2. The lowest BCUT2D eigenvalue weighted by Crippen LogP contribution is -2.50. The van der Waals surface area contributed by atoms with Crippen molar-refractivity contribution in [3.8, 4) is 0 Å². The number of carbonyl (C=O) groups excluding carboxylic acids is 1. The lowest BCUT2D eigenvalue weighted by molar-refractivity contribution is 0.0692. The molecule has 0 unspecified atom stereocenters. The lowest BCUT2D eigenvalue weighted by atomic mass is 10.3. The first-order valence-corrected chi connectivity index (χ1v) is 9.57. The van der Waals surface area contributed by atoms with E-state index in [1.54, 1.807) is 4.90 Å². The van der Waals surface area contributed by atoms with E-state index in [0.29, 0.717) is 10.7 Å². The Morgan fingerprint density at radius 3 is 2.36 bits per heavy atom. The van der Waals surface area contributed by atoms with Crippen LogP contribution in [0.4, 0.5) is 4.39 Å². The number of hydrogen-bond acceptors (Lipinski definition) is 3. The van der Waals surface area contributed by atoms with Crippen LogP contribution in [0, 0.1) is 5.82 Å². The van der Waals surface area contributed by atoms with E-state index in [1.165, 1.54) is 22.6 Å². The molecular formula is C15H14Cl2FN3O3S. The van der Waals surface area contributed by atoms with E-state index in [1.807, 2.05) is 0 Å². The van der Waals surface area contributed by atoms with Crippen LogP contribution >= 0.6 is 23.2 Å². The number of carbonyl (C=O) groups is 1. The molecule has 25 heavy (non-hydrogen) atoms. The van der Waals surface area contributed by atoms with Gasteiger partial charge in [-0.25, -0.2) is 12.8 Å². The quantitative estimate of drug-likeness (QED) is 0.852. The Bertz CT molecular complexity index is 908. The molecule has 1 aromatic carbocycles. The summed E-state index contributed by atoms with van der Waals surface area (Å²) in [5.41, 5.74) is 0.353. The molecule has 1 aromatic heterocycles. The molecule has 10 heteroatoms. The number of hydrogen-bond donors (Lipinski definition) is 1. The van der Waals surface area contributed by atoms with E-state index in [4.69, 9.17) is 23.2 Å². The van der Waals surface area contributed by atoms with Gasteiger partial charge in [0.1, 0.15) is 11.5 Å². The van der Waals surface area contributed by atoms with Gasteiger partial charge in [0.2, 0.25) is 10.0 Å². The van der Waals surface area contributed by atoms with E-state index < -0.39 is 15.8 Å². The summed E-state index contributed by atoms with van der Waals surface area (Å²) in [4.78, 5) is 16.6. The molecule has 0 bridgehead atoms. The van der Waals surface area contributed by atoms with Crippen LogP contribution in [0.3, 0.4) is 0 Å². The van der Waals surface area contributed by atoms with Crippen molar-refractivity contribution in [2.45, 2.75) is 4.90 Å². The van der Waals surface area contributed by atoms with Gasteiger partial charge in [0.15, 0.2) is 0 Å². The molecule has 0 saturated carbocycles. The van der Waals surface area contributed by atoms with Crippen molar-refractivity contribution in [3.63, 3.8) is 0 Å². The Balaban J connectivity index is 1.71. The first-order chi connectivity index (χ1) is 11.8. The Labute approximate surface area is 154 Å². The van der Waals surface area contributed by atoms with Gasteiger partial charge < -0.3 is 9.88 Å². The highest BCUT2D eigenvalue weighted by molar-refractivity contribution is 7.89. The molecule has 1 saturated heterocycles. The highest BCUT2D eigenvalue weighted by atomic mass is 35.5. The fourth-order valence-corrected chi connectivity index (χ4v) is 4.44. The maximum Gasteiger partial charge on any atom is 0.270 e. The van der Waals surface area contributed by atoms with Gasteiger partial charge >= 0.3 is 0 Å². The van der Waals surface area contributed by atoms with Gasteiger partial charge in [-0.15, -0.1) is 0 Å². The minimum atomic E-state index is -3.80. The van der Waals surface area contributed by atoms with Gasteiger partial charge in [-0.2, -0.15) is 4.31 Å². The largest absolute Gasteiger partial charge is 0.356 e. The number of piperazine rings is 1. The molecule has 1 N–H and O–H groups in total. The van der Waals surface area contributed by atoms with E-state index in [-0.39, 0.29) is 42.0 Å². The van der Waals surface area contributed by atoms with Crippen LogP contribution in [0.15, 0.2) is 35.4 Å². The van der Waals surface area contributed by atoms with Crippen molar-refractivity contribution in [2.75, 3.05) is 26.2 Å². The van der Waals surface area contributed by atoms with Gasteiger partial charge in [0, 0.05) is 32.4 Å². The number of amides is 1. The fraction of sp³-hybridized carbons (Fsp3) is 0.267. The number of nitrogens with one attached hydrogen (secondary N) is 1. The molecule has 134 valence electrons. The molecule has 1 aliphatic heterocycles. The molecule has 0 aliphatic carbocycles. The average molecular weight is 406 g/mol. The molecule has 1 amide bonds. The summed E-state index contributed by atoms with van der Waals surface area (Å²) in [5.74, 6) is -0.922. The van der Waals surface area contributed by atoms with E-state index in [0.717, 1.165) is 12.1 Å². The fourth-order valence-electron chi connectivity index (χ4n) is 2.58. The zero-order valence-electron chi connectivity index (χ0n) is 12.9. The first kappa shape index (κ1) is 18.2. The van der Waals surface area contributed by atoms with Crippen LogP contribution in [-0.2, 0) is 10.0 Å². The zero-order valence-corrected chi connectivity index (χ0v) is 15.2. The summed E-state index contributed by atoms with van der Waals surface area (Å²) in [7, 11) is -3.80. The minimum Gasteiger partial charge on any atom is -0.356 e. The number of nitrogens with zero attached hydrogens (tertiary/aromatic N) is 2. The molecule has 0 spiro atoms. The van der Waals surface area contributed by atoms with Gasteiger partial charge in [-0.05, 0) is 24.3 Å². The first-order valence-electron chi connectivity index (χ1n) is 7.37. The molecule has 0 radical (unpaired) electrons. The van der Waals surface area contributed by atoms with E-state index in [2.05, 4.69) is 4.98 Å². The second-order valence-electron chi connectivity index (χ2n) is 5.50. The predicted molar refractivity (Wildman–Crippen MR) is 91.9 cm³/mol. The van der Waals surface area contributed by atoms with Gasteiger partial charge in [0.05, 0.1) is 14.9 Å². The maximum atomic E-state index is 13.2. The molecule has 1 fully saturated rings. The van der Waals surface area contributed by atoms with Crippen molar-refractivity contribution in [3.05, 3.63) is 52.0 Å². The lowest BCUT2D eigenvalue weighted by Gasteiger charge is -2.33. The van der Waals surface area contributed by atoms with Crippen LogP contribution in [0.1, 0.15) is 10.5 Å². The smallest absolute Gasteiger partial charge is 0.270 e. The number of benzene rings is 1. The number of sulfonamides is 1. The van der Waals surface area contributed by atoms with E-state index in [9.17, 15) is 17.6 Å². The predicted octanol–water partition coefficient (Wildman–Crippen LogP) is 2.61. The Morgan fingerprint density at radius 1 is 1.12 bits per heavy atom. The number of rotatable bonds is 3. The van der Waals surface area contributed by atoms with Crippen LogP contribution in [0.5, 0.6) is 0 Å². The van der Waals surface area contributed by atoms with Gasteiger partial charge in [0.25, 0.3) is 5.91 Å². The topological polar surface area (TPSA) is 73.5 Å². The summed E-state index contributed by atoms with van der Waals surface area (Å²) in [6, 6.07) is 4.80. The molecule has 2 aromatic rings. The third-order valence-corrected chi connectivity index (χ3v) is 6.34. The van der Waals surface area contributed by atoms with Crippen molar-refractivity contribution in [2.24, 2.45) is 0 Å². The Morgan fingerprint density at radius 2 is 1.80 bits per heavy atom. The number of aromatic amines is 1. The average Bonchev–Trinajstić information content (AvgIpc) is 3.03. The molecule has 2 heterocycles. The van der Waals surface area contributed by atoms with Crippen molar-refractivity contribution >= 4 is 39.1 Å². The van der Waals surface area contributed by atoms with Crippen molar-refractivity contribution in [1.82, 2.24) is 14.2 Å². The van der Waals surface area contributed by atoms with Crippen LogP contribution < -0.4 is 0 Å². The molecule has 0 atom stereocenters. The second-order valence-corrected chi connectivity index (χ2v) is 8.29. The molecule has 1 aliphatic rings. The normalized spacial score (nSPS) is 16.2. The minimum absolute atomic E-state index is 0.0742. The van der Waals surface area contributed by atoms with Crippen LogP contribution in [-0.4, -0.2) is 54.7 Å². The van der Waals surface area contributed by atoms with Crippen molar-refractivity contribution in [1.29, 1.82) is 0 Å². The van der Waals surface area contributed by atoms with Crippen molar-refractivity contribution < 1.29 is 17.6 Å². The third-order valence-electron chi connectivity index (χ3n) is 3.93. The molecule has 3 rings (SSSR count). The highest BCUT2D eigenvalue weighted by Gasteiger charge is 2.31. The van der Waals surface area contributed by atoms with Crippen LogP contribution in [0.2, 0.25) is 10.0 Å². The summed E-state index contributed by atoms with van der Waals surface area (Å²) in [5, 5.41) is 0.177. The van der Waals surface area contributed by atoms with Crippen LogP contribution in [0.25, 0.3) is 0 Å². The second kappa shape index (κ2) is 6.95. The number of halogens is 3. The van der Waals surface area contributed by atoms with Gasteiger partial charge in [-0.1, -0.05) is 23.2 Å². The third kappa shape index (κ3) is 3.67. The molecular weight excluding hydrogens is 392 g/mol. The molecule has 6 nitrogen and oxygen atoms in total. The van der Waals surface area contributed by atoms with Gasteiger partial charge in [-0.3, -0.25) is 4.79 Å². The SMILES string of the molecule is O=C(c1cc(Cl)c[nH]1)N1CCN(S(=O)(=O)c2ccc(F)c(Cl)c2)CC1. The number of H-pyrrole nitrogens is 1. The van der Waals surface area contributed by atoms with E-state index >= 15 is 0 Å². The summed E-state index contributed by atoms with van der Waals surface area (Å²) in [6.45, 7) is 0.752. The number of aromatic nitrogens is 1. The monoisotopic (exact) mass is 405 g/mol.